The number of benzene rings is 3. The van der Waals surface area contributed by atoms with E-state index in [9.17, 15) is 23.1 Å². The first-order chi connectivity index (χ1) is 16.2. The maximum Gasteiger partial charge on any atom is 0.335 e. The minimum Gasteiger partial charge on any atom is -0.486 e. The number of aromatic carboxylic acids is 1. The number of fused-ring (bicyclic) bond motifs is 1. The predicted molar refractivity (Wildman–Crippen MR) is 126 cm³/mol. The first-order valence-corrected chi connectivity index (χ1v) is 11.8. The van der Waals surface area contributed by atoms with Crippen molar-refractivity contribution >= 4 is 33.3 Å². The molecule has 0 radical (unpaired) electrons. The predicted octanol–water partition coefficient (Wildman–Crippen LogP) is 3.83. The van der Waals surface area contributed by atoms with Gasteiger partial charge in [0.2, 0.25) is 0 Å². The molecule has 10 heteroatoms. The summed E-state index contributed by atoms with van der Waals surface area (Å²) < 4.78 is 39.8. The van der Waals surface area contributed by atoms with E-state index in [0.717, 1.165) is 6.07 Å². The number of carboxylic acid groups (broad SMARTS) is 1. The van der Waals surface area contributed by atoms with E-state index in [1.54, 1.807) is 44.2 Å². The number of ether oxygens (including phenoxy) is 2. The summed E-state index contributed by atoms with van der Waals surface area (Å²) in [5, 5.41) is 12.1. The summed E-state index contributed by atoms with van der Waals surface area (Å²) in [5.41, 5.74) is 1.38. The van der Waals surface area contributed by atoms with Gasteiger partial charge >= 0.3 is 5.97 Å². The topological polar surface area (TPSA) is 131 Å². The zero-order valence-electron chi connectivity index (χ0n) is 18.4. The van der Waals surface area contributed by atoms with Gasteiger partial charge in [0.15, 0.2) is 11.5 Å². The van der Waals surface area contributed by atoms with Gasteiger partial charge in [0, 0.05) is 11.8 Å². The van der Waals surface area contributed by atoms with Crippen LogP contribution in [0.1, 0.15) is 31.8 Å². The van der Waals surface area contributed by atoms with E-state index in [2.05, 4.69) is 10.0 Å². The van der Waals surface area contributed by atoms with Crippen molar-refractivity contribution in [2.75, 3.05) is 23.3 Å². The van der Waals surface area contributed by atoms with Gasteiger partial charge in [-0.05, 0) is 61.4 Å². The number of anilines is 2. The van der Waals surface area contributed by atoms with Gasteiger partial charge in [-0.1, -0.05) is 12.1 Å². The van der Waals surface area contributed by atoms with Crippen LogP contribution in [0.25, 0.3) is 0 Å². The monoisotopic (exact) mass is 482 g/mol. The highest BCUT2D eigenvalue weighted by Crippen LogP contribution is 2.33. The molecular formula is C24H22N2O7S. The zero-order valence-corrected chi connectivity index (χ0v) is 19.2. The quantitative estimate of drug-likeness (QED) is 0.487. The second kappa shape index (κ2) is 9.06. The Morgan fingerprint density at radius 2 is 1.65 bits per heavy atom. The number of rotatable bonds is 6. The van der Waals surface area contributed by atoms with Crippen LogP contribution in [0, 0.1) is 13.8 Å². The number of hydrogen-bond donors (Lipinski definition) is 3. The van der Waals surface area contributed by atoms with Crippen LogP contribution in [0.5, 0.6) is 11.5 Å². The Balaban J connectivity index is 1.63. The van der Waals surface area contributed by atoms with Gasteiger partial charge in [0.05, 0.1) is 21.7 Å². The number of carboxylic acids is 1. The zero-order chi connectivity index (χ0) is 24.5. The molecule has 176 valence electrons. The molecule has 0 unspecified atom stereocenters. The first kappa shape index (κ1) is 23.1. The van der Waals surface area contributed by atoms with E-state index in [4.69, 9.17) is 9.47 Å². The molecule has 4 rings (SSSR count). The van der Waals surface area contributed by atoms with Crippen LogP contribution in [-0.2, 0) is 10.0 Å². The molecule has 0 saturated heterocycles. The number of para-hydroxylation sites is 1. The third kappa shape index (κ3) is 4.67. The molecule has 0 fully saturated rings. The molecule has 0 spiro atoms. The molecule has 0 aliphatic carbocycles. The Bertz CT molecular complexity index is 1400. The molecular weight excluding hydrogens is 460 g/mol. The van der Waals surface area contributed by atoms with Crippen LogP contribution in [0.3, 0.4) is 0 Å². The Labute approximate surface area is 196 Å². The van der Waals surface area contributed by atoms with Crippen molar-refractivity contribution in [2.45, 2.75) is 18.7 Å². The van der Waals surface area contributed by atoms with Crippen molar-refractivity contribution < 1.29 is 32.6 Å². The normalized spacial score (nSPS) is 12.6. The Morgan fingerprint density at radius 3 is 2.38 bits per heavy atom. The SMILES string of the molecule is Cc1cc(C(=O)O)cc(S(=O)(=O)Nc2ccccc2C(=O)Nc2ccc3c(c2)OCCO3)c1C. The third-order valence-corrected chi connectivity index (χ3v) is 6.86. The number of aryl methyl sites for hydroxylation is 1. The van der Waals surface area contributed by atoms with Gasteiger partial charge in [0.25, 0.3) is 15.9 Å². The van der Waals surface area contributed by atoms with Crippen LogP contribution < -0.4 is 19.5 Å². The summed E-state index contributed by atoms with van der Waals surface area (Å²) in [5.74, 6) is -0.699. The summed E-state index contributed by atoms with van der Waals surface area (Å²) in [6, 6.07) is 13.6. The number of sulfonamides is 1. The summed E-state index contributed by atoms with van der Waals surface area (Å²) in [7, 11) is -4.19. The van der Waals surface area contributed by atoms with Gasteiger partial charge in [-0.3, -0.25) is 9.52 Å². The molecule has 0 saturated carbocycles. The number of carbonyl (C=O) groups is 2. The van der Waals surface area contributed by atoms with Gasteiger partial charge < -0.3 is 19.9 Å². The van der Waals surface area contributed by atoms with Crippen molar-refractivity contribution in [1.82, 2.24) is 0 Å². The molecule has 0 aromatic heterocycles. The lowest BCUT2D eigenvalue weighted by molar-refractivity contribution is 0.0696. The smallest absolute Gasteiger partial charge is 0.335 e. The largest absolute Gasteiger partial charge is 0.486 e. The minimum atomic E-state index is -4.19. The van der Waals surface area contributed by atoms with E-state index in [-0.39, 0.29) is 21.7 Å². The molecule has 34 heavy (non-hydrogen) atoms. The molecule has 0 atom stereocenters. The Morgan fingerprint density at radius 1 is 0.941 bits per heavy atom. The van der Waals surface area contributed by atoms with Crippen LogP contribution in [0.2, 0.25) is 0 Å². The fourth-order valence-corrected chi connectivity index (χ4v) is 4.94. The average Bonchev–Trinajstić information content (AvgIpc) is 2.80. The molecule has 0 bridgehead atoms. The summed E-state index contributed by atoms with van der Waals surface area (Å²) in [4.78, 5) is 24.2. The molecule has 9 nitrogen and oxygen atoms in total. The lowest BCUT2D eigenvalue weighted by Crippen LogP contribution is -2.20. The van der Waals surface area contributed by atoms with Gasteiger partial charge in [0.1, 0.15) is 13.2 Å². The average molecular weight is 483 g/mol. The lowest BCUT2D eigenvalue weighted by atomic mass is 10.1. The van der Waals surface area contributed by atoms with Crippen LogP contribution in [0.4, 0.5) is 11.4 Å². The second-order valence-corrected chi connectivity index (χ2v) is 9.34. The molecule has 1 aliphatic rings. The number of amides is 1. The Kier molecular flexibility index (Phi) is 6.16. The highest BCUT2D eigenvalue weighted by Gasteiger charge is 2.23. The van der Waals surface area contributed by atoms with Gasteiger partial charge in [-0.25, -0.2) is 13.2 Å². The highest BCUT2D eigenvalue weighted by molar-refractivity contribution is 7.92. The lowest BCUT2D eigenvalue weighted by Gasteiger charge is -2.19. The van der Waals surface area contributed by atoms with Crippen LogP contribution in [-0.4, -0.2) is 38.6 Å². The van der Waals surface area contributed by atoms with Crippen molar-refractivity contribution in [2.24, 2.45) is 0 Å². The summed E-state index contributed by atoms with van der Waals surface area (Å²) in [6.07, 6.45) is 0. The molecule has 1 heterocycles. The summed E-state index contributed by atoms with van der Waals surface area (Å²) in [6.45, 7) is 4.07. The minimum absolute atomic E-state index is 0.0512. The van der Waals surface area contributed by atoms with Crippen molar-refractivity contribution in [3.63, 3.8) is 0 Å². The molecule has 1 amide bonds. The van der Waals surface area contributed by atoms with Crippen LogP contribution in [0.15, 0.2) is 59.5 Å². The number of hydrogen-bond acceptors (Lipinski definition) is 6. The second-order valence-electron chi connectivity index (χ2n) is 7.69. The van der Waals surface area contributed by atoms with E-state index in [1.165, 1.54) is 18.2 Å². The highest BCUT2D eigenvalue weighted by atomic mass is 32.2. The van der Waals surface area contributed by atoms with E-state index in [0.29, 0.717) is 41.5 Å². The molecule has 3 aromatic rings. The van der Waals surface area contributed by atoms with Gasteiger partial charge in [-0.2, -0.15) is 0 Å². The maximum absolute atomic E-state index is 13.2. The fraction of sp³-hybridized carbons (Fsp3) is 0.167. The maximum atomic E-state index is 13.2. The number of nitrogens with one attached hydrogen (secondary N) is 2. The first-order valence-electron chi connectivity index (χ1n) is 10.3. The molecule has 3 aromatic carbocycles. The molecule has 3 N–H and O–H groups in total. The van der Waals surface area contributed by atoms with E-state index in [1.807, 2.05) is 0 Å². The van der Waals surface area contributed by atoms with Crippen LogP contribution >= 0.6 is 0 Å². The fourth-order valence-electron chi connectivity index (χ4n) is 3.52. The van der Waals surface area contributed by atoms with Crippen molar-refractivity contribution in [3.05, 3.63) is 76.9 Å². The molecule has 1 aliphatic heterocycles. The third-order valence-electron chi connectivity index (χ3n) is 5.37. The number of carbonyl (C=O) groups excluding carboxylic acids is 1. The van der Waals surface area contributed by atoms with E-state index >= 15 is 0 Å². The van der Waals surface area contributed by atoms with Crippen molar-refractivity contribution in [3.8, 4) is 11.5 Å². The standard InChI is InChI=1S/C24H22N2O7S/c1-14-11-16(24(28)29)12-22(15(14)2)34(30,31)26-19-6-4-3-5-18(19)23(27)25-17-7-8-20-21(13-17)33-10-9-32-20/h3-8,11-13,26H,9-10H2,1-2H3,(H,25,27)(H,28,29). The Hall–Kier alpha value is -4.05. The van der Waals surface area contributed by atoms with E-state index < -0.39 is 21.9 Å². The van der Waals surface area contributed by atoms with Crippen molar-refractivity contribution in [1.29, 1.82) is 0 Å². The van der Waals surface area contributed by atoms with Gasteiger partial charge in [-0.15, -0.1) is 0 Å². The summed E-state index contributed by atoms with van der Waals surface area (Å²) >= 11 is 0.